The highest BCUT2D eigenvalue weighted by Crippen LogP contribution is 2.31. The van der Waals surface area contributed by atoms with E-state index in [4.69, 9.17) is 9.47 Å². The van der Waals surface area contributed by atoms with E-state index in [2.05, 4.69) is 0 Å². The molecule has 0 spiro atoms. The molecule has 0 aliphatic carbocycles. The first-order chi connectivity index (χ1) is 11.5. The summed E-state index contributed by atoms with van der Waals surface area (Å²) >= 11 is 0. The fraction of sp³-hybridized carbons (Fsp3) is 0.222. The van der Waals surface area contributed by atoms with Gasteiger partial charge in [0.15, 0.2) is 11.5 Å². The zero-order valence-electron chi connectivity index (χ0n) is 13.7. The number of para-hydroxylation sites is 1. The fourth-order valence-electron chi connectivity index (χ4n) is 2.15. The summed E-state index contributed by atoms with van der Waals surface area (Å²) in [5.41, 5.74) is 0.480. The van der Waals surface area contributed by atoms with Crippen LogP contribution in [0.4, 0.5) is 0 Å². The standard InChI is InChI=1S/C18H19NO5/c1-19(2)17(21)16(12-8-5-4-6-9-12)24-18(22)13-10-7-11-14(23-3)15(13)20/h4-11,16,20H,1-3H3/t16-/m0/s1. The number of carbonyl (C=O) groups is 2. The predicted octanol–water partition coefficient (Wildman–Crippen LogP) is 2.39. The van der Waals surface area contributed by atoms with Gasteiger partial charge >= 0.3 is 5.97 Å². The molecule has 126 valence electrons. The summed E-state index contributed by atoms with van der Waals surface area (Å²) in [4.78, 5) is 26.2. The Labute approximate surface area is 140 Å². The predicted molar refractivity (Wildman–Crippen MR) is 88.0 cm³/mol. The molecule has 0 aliphatic heterocycles. The van der Waals surface area contributed by atoms with Gasteiger partial charge in [0.05, 0.1) is 7.11 Å². The number of esters is 1. The zero-order chi connectivity index (χ0) is 17.7. The first-order valence-corrected chi connectivity index (χ1v) is 7.28. The number of likely N-dealkylation sites (N-methyl/N-ethyl adjacent to an activating group) is 1. The third-order valence-electron chi connectivity index (χ3n) is 3.43. The smallest absolute Gasteiger partial charge is 0.343 e. The molecular weight excluding hydrogens is 310 g/mol. The maximum Gasteiger partial charge on any atom is 0.343 e. The number of nitrogens with zero attached hydrogens (tertiary/aromatic N) is 1. The molecular formula is C18H19NO5. The lowest BCUT2D eigenvalue weighted by molar-refractivity contribution is -0.138. The number of aromatic hydroxyl groups is 1. The number of rotatable bonds is 5. The molecule has 0 unspecified atom stereocenters. The first kappa shape index (κ1) is 17.3. The van der Waals surface area contributed by atoms with Gasteiger partial charge in [-0.2, -0.15) is 0 Å². The number of carbonyl (C=O) groups excluding carboxylic acids is 2. The summed E-state index contributed by atoms with van der Waals surface area (Å²) in [6, 6.07) is 13.2. The molecule has 0 aromatic heterocycles. The Morgan fingerprint density at radius 3 is 2.29 bits per heavy atom. The van der Waals surface area contributed by atoms with E-state index in [1.54, 1.807) is 50.5 Å². The average molecular weight is 329 g/mol. The summed E-state index contributed by atoms with van der Waals surface area (Å²) in [6.07, 6.45) is -1.10. The molecule has 0 saturated heterocycles. The minimum absolute atomic E-state index is 0.0677. The largest absolute Gasteiger partial charge is 0.504 e. The van der Waals surface area contributed by atoms with E-state index < -0.39 is 12.1 Å². The SMILES string of the molecule is COc1cccc(C(=O)O[C@H](C(=O)N(C)C)c2ccccc2)c1O. The molecule has 6 nitrogen and oxygen atoms in total. The average Bonchev–Trinajstić information content (AvgIpc) is 2.59. The van der Waals surface area contributed by atoms with Crippen molar-refractivity contribution < 1.29 is 24.2 Å². The third kappa shape index (κ3) is 3.65. The molecule has 0 radical (unpaired) electrons. The van der Waals surface area contributed by atoms with Crippen molar-refractivity contribution in [3.8, 4) is 11.5 Å². The van der Waals surface area contributed by atoms with E-state index >= 15 is 0 Å². The second-order valence-corrected chi connectivity index (χ2v) is 5.29. The molecule has 1 atom stereocenters. The van der Waals surface area contributed by atoms with E-state index in [0.29, 0.717) is 5.56 Å². The molecule has 0 heterocycles. The monoisotopic (exact) mass is 329 g/mol. The highest BCUT2D eigenvalue weighted by Gasteiger charge is 2.28. The van der Waals surface area contributed by atoms with Crippen molar-refractivity contribution in [2.75, 3.05) is 21.2 Å². The minimum Gasteiger partial charge on any atom is -0.504 e. The van der Waals surface area contributed by atoms with Crippen LogP contribution < -0.4 is 4.74 Å². The number of phenols is 1. The van der Waals surface area contributed by atoms with Crippen molar-refractivity contribution >= 4 is 11.9 Å². The Balaban J connectivity index is 2.33. The number of hydrogen-bond acceptors (Lipinski definition) is 5. The van der Waals surface area contributed by atoms with Crippen LogP contribution in [0.25, 0.3) is 0 Å². The second kappa shape index (κ2) is 7.50. The van der Waals surface area contributed by atoms with Gasteiger partial charge in [0, 0.05) is 19.7 Å². The van der Waals surface area contributed by atoms with Crippen LogP contribution >= 0.6 is 0 Å². The van der Waals surface area contributed by atoms with Crippen molar-refractivity contribution in [2.45, 2.75) is 6.10 Å². The molecule has 0 aliphatic rings. The van der Waals surface area contributed by atoms with Gasteiger partial charge in [0.1, 0.15) is 5.56 Å². The van der Waals surface area contributed by atoms with Crippen molar-refractivity contribution in [3.05, 3.63) is 59.7 Å². The number of amides is 1. The Hall–Kier alpha value is -3.02. The number of ether oxygens (including phenoxy) is 2. The lowest BCUT2D eigenvalue weighted by atomic mass is 10.1. The van der Waals surface area contributed by atoms with Crippen LogP contribution in [0.2, 0.25) is 0 Å². The number of hydrogen-bond donors (Lipinski definition) is 1. The van der Waals surface area contributed by atoms with Crippen LogP contribution in [0.3, 0.4) is 0 Å². The molecule has 2 aromatic carbocycles. The Morgan fingerprint density at radius 2 is 1.71 bits per heavy atom. The van der Waals surface area contributed by atoms with E-state index in [1.165, 1.54) is 24.1 Å². The first-order valence-electron chi connectivity index (χ1n) is 7.28. The van der Waals surface area contributed by atoms with Gasteiger partial charge in [-0.3, -0.25) is 4.79 Å². The maximum absolute atomic E-state index is 12.4. The molecule has 0 bridgehead atoms. The van der Waals surface area contributed by atoms with E-state index in [-0.39, 0.29) is 23.0 Å². The molecule has 0 fully saturated rings. The Bertz CT molecular complexity index is 727. The van der Waals surface area contributed by atoms with Crippen molar-refractivity contribution in [1.29, 1.82) is 0 Å². The lowest BCUT2D eigenvalue weighted by Gasteiger charge is -2.21. The van der Waals surface area contributed by atoms with Crippen LogP contribution in [0, 0.1) is 0 Å². The Kier molecular flexibility index (Phi) is 5.42. The molecule has 24 heavy (non-hydrogen) atoms. The number of methoxy groups -OCH3 is 1. The van der Waals surface area contributed by atoms with Gasteiger partial charge < -0.3 is 19.5 Å². The molecule has 6 heteroatoms. The van der Waals surface area contributed by atoms with E-state index in [0.717, 1.165) is 0 Å². The summed E-state index contributed by atoms with van der Waals surface area (Å²) in [5, 5.41) is 10.1. The van der Waals surface area contributed by atoms with Gasteiger partial charge in [-0.05, 0) is 12.1 Å². The quantitative estimate of drug-likeness (QED) is 0.853. The van der Waals surface area contributed by atoms with Crippen LogP contribution in [-0.4, -0.2) is 43.1 Å². The Morgan fingerprint density at radius 1 is 1.04 bits per heavy atom. The van der Waals surface area contributed by atoms with Crippen LogP contribution in [0.15, 0.2) is 48.5 Å². The molecule has 2 aromatic rings. The van der Waals surface area contributed by atoms with E-state index in [9.17, 15) is 14.7 Å². The summed E-state index contributed by atoms with van der Waals surface area (Å²) < 4.78 is 10.4. The van der Waals surface area contributed by atoms with E-state index in [1.807, 2.05) is 0 Å². The molecule has 0 saturated carbocycles. The van der Waals surface area contributed by atoms with Crippen LogP contribution in [0.5, 0.6) is 11.5 Å². The molecule has 2 rings (SSSR count). The minimum atomic E-state index is -1.10. The van der Waals surface area contributed by atoms with Gasteiger partial charge in [-0.15, -0.1) is 0 Å². The van der Waals surface area contributed by atoms with Crippen molar-refractivity contribution in [3.63, 3.8) is 0 Å². The second-order valence-electron chi connectivity index (χ2n) is 5.29. The fourth-order valence-corrected chi connectivity index (χ4v) is 2.15. The van der Waals surface area contributed by atoms with Gasteiger partial charge in [0.2, 0.25) is 6.10 Å². The number of phenolic OH excluding ortho intramolecular Hbond substituents is 1. The van der Waals surface area contributed by atoms with Gasteiger partial charge in [0.25, 0.3) is 5.91 Å². The topological polar surface area (TPSA) is 76.1 Å². The highest BCUT2D eigenvalue weighted by molar-refractivity contribution is 5.95. The molecule has 1 amide bonds. The van der Waals surface area contributed by atoms with Crippen LogP contribution in [-0.2, 0) is 9.53 Å². The van der Waals surface area contributed by atoms with Crippen molar-refractivity contribution in [1.82, 2.24) is 4.90 Å². The molecule has 1 N–H and O–H groups in total. The summed E-state index contributed by atoms with van der Waals surface area (Å²) in [6.45, 7) is 0. The highest BCUT2D eigenvalue weighted by atomic mass is 16.5. The number of benzene rings is 2. The summed E-state index contributed by atoms with van der Waals surface area (Å²) in [7, 11) is 4.54. The lowest BCUT2D eigenvalue weighted by Crippen LogP contribution is -2.31. The van der Waals surface area contributed by atoms with Gasteiger partial charge in [-0.1, -0.05) is 36.4 Å². The summed E-state index contributed by atoms with van der Waals surface area (Å²) in [5.74, 6) is -1.36. The van der Waals surface area contributed by atoms with Crippen LogP contribution in [0.1, 0.15) is 22.0 Å². The third-order valence-corrected chi connectivity index (χ3v) is 3.43. The van der Waals surface area contributed by atoms with Crippen molar-refractivity contribution in [2.24, 2.45) is 0 Å². The normalized spacial score (nSPS) is 11.5. The van der Waals surface area contributed by atoms with Gasteiger partial charge in [-0.25, -0.2) is 4.79 Å². The zero-order valence-corrected chi connectivity index (χ0v) is 13.7. The maximum atomic E-state index is 12.4.